The number of nitrogens with zero attached hydrogens (tertiary/aromatic N) is 1. The highest BCUT2D eigenvalue weighted by molar-refractivity contribution is 5.85. The number of aromatic carboxylic acids is 1. The lowest BCUT2D eigenvalue weighted by Crippen LogP contribution is -2.29. The van der Waals surface area contributed by atoms with E-state index in [4.69, 9.17) is 5.11 Å². The number of nitrogens with one attached hydrogen (secondary N) is 1. The van der Waals surface area contributed by atoms with Gasteiger partial charge in [0.15, 0.2) is 0 Å². The van der Waals surface area contributed by atoms with E-state index >= 15 is 0 Å². The summed E-state index contributed by atoms with van der Waals surface area (Å²) in [5.41, 5.74) is 1.31. The van der Waals surface area contributed by atoms with E-state index in [2.05, 4.69) is 10.3 Å². The number of carboxylic acids is 1. The summed E-state index contributed by atoms with van der Waals surface area (Å²) < 4.78 is 0. The molecule has 1 aliphatic heterocycles. The fourth-order valence-corrected chi connectivity index (χ4v) is 1.50. The molecular weight excluding hydrogens is 220 g/mol. The van der Waals surface area contributed by atoms with E-state index in [0.29, 0.717) is 18.8 Å². The molecule has 2 rings (SSSR count). The Balaban J connectivity index is 0.00000112. The molecule has 82 valence electrons. The molecule has 0 radical (unpaired) electrons. The summed E-state index contributed by atoms with van der Waals surface area (Å²) in [5.74, 6) is -1.07. The van der Waals surface area contributed by atoms with Crippen LogP contribution in [-0.2, 0) is 6.54 Å². The average molecular weight is 231 g/mol. The van der Waals surface area contributed by atoms with Gasteiger partial charge in [-0.05, 0) is 11.6 Å². The van der Waals surface area contributed by atoms with Gasteiger partial charge in [0, 0.05) is 13.1 Å². The molecule has 1 unspecified atom stereocenters. The first kappa shape index (κ1) is 11.9. The first-order valence-corrected chi connectivity index (χ1v) is 4.30. The molecule has 1 aliphatic rings. The minimum absolute atomic E-state index is 0. The van der Waals surface area contributed by atoms with Gasteiger partial charge in [0.25, 0.3) is 0 Å². The number of halogens is 1. The van der Waals surface area contributed by atoms with Gasteiger partial charge in [-0.3, -0.25) is 0 Å². The van der Waals surface area contributed by atoms with Crippen LogP contribution in [0.4, 0.5) is 0 Å². The maximum atomic E-state index is 10.6. The Kier molecular flexibility index (Phi) is 3.62. The Labute approximate surface area is 92.6 Å². The SMILES string of the molecule is Cl.O=C(O)c1ccc2c(n1)C(O)CNC2. The van der Waals surface area contributed by atoms with Gasteiger partial charge in [-0.1, -0.05) is 6.07 Å². The maximum Gasteiger partial charge on any atom is 0.354 e. The van der Waals surface area contributed by atoms with Crippen molar-refractivity contribution >= 4 is 18.4 Å². The molecule has 0 bridgehead atoms. The molecule has 5 nitrogen and oxygen atoms in total. The molecule has 0 fully saturated rings. The zero-order valence-electron chi connectivity index (χ0n) is 7.80. The lowest BCUT2D eigenvalue weighted by Gasteiger charge is -2.21. The maximum absolute atomic E-state index is 10.6. The third kappa shape index (κ3) is 2.26. The second kappa shape index (κ2) is 4.57. The largest absolute Gasteiger partial charge is 0.477 e. The molecule has 0 amide bonds. The smallest absolute Gasteiger partial charge is 0.354 e. The van der Waals surface area contributed by atoms with Gasteiger partial charge in [0.2, 0.25) is 0 Å². The Bertz CT molecular complexity index is 384. The summed E-state index contributed by atoms with van der Waals surface area (Å²) in [5, 5.41) is 21.3. The highest BCUT2D eigenvalue weighted by Gasteiger charge is 2.20. The van der Waals surface area contributed by atoms with Crippen LogP contribution in [0.3, 0.4) is 0 Å². The van der Waals surface area contributed by atoms with Crippen LogP contribution < -0.4 is 5.32 Å². The van der Waals surface area contributed by atoms with Crippen molar-refractivity contribution in [3.8, 4) is 0 Å². The van der Waals surface area contributed by atoms with Crippen LogP contribution in [-0.4, -0.2) is 27.7 Å². The number of β-amino-alcohol motifs (C(OH)–C–C–N with tert-alkyl or cyclic N) is 1. The number of aliphatic hydroxyl groups is 1. The molecule has 1 aromatic rings. The van der Waals surface area contributed by atoms with Gasteiger partial charge >= 0.3 is 5.97 Å². The van der Waals surface area contributed by atoms with Crippen LogP contribution in [0.15, 0.2) is 12.1 Å². The number of aromatic nitrogens is 1. The molecule has 1 aromatic heterocycles. The Hall–Kier alpha value is -1.17. The third-order valence-corrected chi connectivity index (χ3v) is 2.20. The Morgan fingerprint density at radius 3 is 2.93 bits per heavy atom. The van der Waals surface area contributed by atoms with Gasteiger partial charge in [-0.25, -0.2) is 9.78 Å². The standard InChI is InChI=1S/C9H10N2O3.ClH/c12-7-4-10-3-5-1-2-6(9(13)14)11-8(5)7;/h1-2,7,10,12H,3-4H2,(H,13,14);1H. The van der Waals surface area contributed by atoms with Crippen LogP contribution in [0.2, 0.25) is 0 Å². The minimum Gasteiger partial charge on any atom is -0.477 e. The van der Waals surface area contributed by atoms with Crippen molar-refractivity contribution < 1.29 is 15.0 Å². The third-order valence-electron chi connectivity index (χ3n) is 2.20. The number of carbonyl (C=O) groups is 1. The van der Waals surface area contributed by atoms with Crippen molar-refractivity contribution in [1.82, 2.24) is 10.3 Å². The van der Waals surface area contributed by atoms with Crippen molar-refractivity contribution in [2.45, 2.75) is 12.6 Å². The van der Waals surface area contributed by atoms with Crippen molar-refractivity contribution in [3.63, 3.8) is 0 Å². The van der Waals surface area contributed by atoms with Crippen molar-refractivity contribution in [3.05, 3.63) is 29.1 Å². The van der Waals surface area contributed by atoms with E-state index in [0.717, 1.165) is 5.56 Å². The van der Waals surface area contributed by atoms with Crippen molar-refractivity contribution in [2.24, 2.45) is 0 Å². The fraction of sp³-hybridized carbons (Fsp3) is 0.333. The van der Waals surface area contributed by atoms with Crippen LogP contribution in [0, 0.1) is 0 Å². The molecule has 0 spiro atoms. The molecule has 15 heavy (non-hydrogen) atoms. The second-order valence-electron chi connectivity index (χ2n) is 3.19. The van der Waals surface area contributed by atoms with Crippen LogP contribution in [0.5, 0.6) is 0 Å². The van der Waals surface area contributed by atoms with E-state index in [1.165, 1.54) is 6.07 Å². The first-order chi connectivity index (χ1) is 6.68. The lowest BCUT2D eigenvalue weighted by molar-refractivity contribution is 0.0689. The molecule has 0 aromatic carbocycles. The molecule has 0 saturated heterocycles. The molecular formula is C9H11ClN2O3. The van der Waals surface area contributed by atoms with Gasteiger partial charge in [0.1, 0.15) is 11.8 Å². The van der Waals surface area contributed by atoms with Crippen molar-refractivity contribution in [2.75, 3.05) is 6.54 Å². The highest BCUT2D eigenvalue weighted by Crippen LogP contribution is 2.19. The molecule has 0 aliphatic carbocycles. The van der Waals surface area contributed by atoms with Crippen molar-refractivity contribution in [1.29, 1.82) is 0 Å². The predicted molar refractivity (Wildman–Crippen MR) is 55.1 cm³/mol. The monoisotopic (exact) mass is 230 g/mol. The summed E-state index contributed by atoms with van der Waals surface area (Å²) in [4.78, 5) is 14.5. The quantitative estimate of drug-likeness (QED) is 0.648. The Morgan fingerprint density at radius 2 is 2.27 bits per heavy atom. The average Bonchev–Trinajstić information content (AvgIpc) is 2.18. The molecule has 6 heteroatoms. The van der Waals surface area contributed by atoms with Crippen LogP contribution >= 0.6 is 12.4 Å². The van der Waals surface area contributed by atoms with E-state index in [1.54, 1.807) is 6.07 Å². The zero-order chi connectivity index (χ0) is 10.1. The molecule has 3 N–H and O–H groups in total. The number of fused-ring (bicyclic) bond motifs is 1. The van der Waals surface area contributed by atoms with E-state index in [9.17, 15) is 9.90 Å². The summed E-state index contributed by atoms with van der Waals surface area (Å²) in [6.45, 7) is 1.04. The number of carboxylic acid groups (broad SMARTS) is 1. The summed E-state index contributed by atoms with van der Waals surface area (Å²) >= 11 is 0. The van der Waals surface area contributed by atoms with E-state index in [1.807, 2.05) is 0 Å². The number of hydrogen-bond acceptors (Lipinski definition) is 4. The predicted octanol–water partition coefficient (Wildman–Crippen LogP) is 0.338. The number of pyridine rings is 1. The number of aliphatic hydroxyl groups excluding tert-OH is 1. The van der Waals surface area contributed by atoms with Gasteiger partial charge in [0.05, 0.1) is 5.69 Å². The summed E-state index contributed by atoms with van der Waals surface area (Å²) in [6, 6.07) is 3.13. The zero-order valence-corrected chi connectivity index (χ0v) is 8.62. The van der Waals surface area contributed by atoms with Gasteiger partial charge in [-0.15, -0.1) is 12.4 Å². The number of rotatable bonds is 1. The minimum atomic E-state index is -1.07. The normalized spacial score (nSPS) is 18.9. The van der Waals surface area contributed by atoms with E-state index in [-0.39, 0.29) is 18.1 Å². The highest BCUT2D eigenvalue weighted by atomic mass is 35.5. The van der Waals surface area contributed by atoms with Crippen LogP contribution in [0.1, 0.15) is 27.8 Å². The Morgan fingerprint density at radius 1 is 1.53 bits per heavy atom. The second-order valence-corrected chi connectivity index (χ2v) is 3.19. The molecule has 0 saturated carbocycles. The number of hydrogen-bond donors (Lipinski definition) is 3. The molecule has 1 atom stereocenters. The van der Waals surface area contributed by atoms with Crippen LogP contribution in [0.25, 0.3) is 0 Å². The summed E-state index contributed by atoms with van der Waals surface area (Å²) in [6.07, 6.45) is -0.710. The summed E-state index contributed by atoms with van der Waals surface area (Å²) in [7, 11) is 0. The first-order valence-electron chi connectivity index (χ1n) is 4.30. The molecule has 2 heterocycles. The van der Waals surface area contributed by atoms with Gasteiger partial charge < -0.3 is 15.5 Å². The topological polar surface area (TPSA) is 82.5 Å². The van der Waals surface area contributed by atoms with Gasteiger partial charge in [-0.2, -0.15) is 0 Å². The van der Waals surface area contributed by atoms with E-state index < -0.39 is 12.1 Å². The fourth-order valence-electron chi connectivity index (χ4n) is 1.50. The lowest BCUT2D eigenvalue weighted by atomic mass is 10.0.